The Hall–Kier alpha value is -2.92. The molecule has 0 bridgehead atoms. The Balaban J connectivity index is 1.65. The second kappa shape index (κ2) is 10.9. The molecule has 0 saturated heterocycles. The van der Waals surface area contributed by atoms with Gasteiger partial charge in [0.15, 0.2) is 0 Å². The van der Waals surface area contributed by atoms with Gasteiger partial charge in [0.05, 0.1) is 6.10 Å². The molecule has 0 aliphatic carbocycles. The van der Waals surface area contributed by atoms with Gasteiger partial charge in [-0.25, -0.2) is 0 Å². The smallest absolute Gasteiger partial charge is 0.251 e. The molecule has 0 heterocycles. The maximum Gasteiger partial charge on any atom is 0.251 e. The molecule has 0 aliphatic rings. The van der Waals surface area contributed by atoms with E-state index in [1.54, 1.807) is 37.4 Å². The van der Waals surface area contributed by atoms with E-state index in [0.29, 0.717) is 18.7 Å². The van der Waals surface area contributed by atoms with Crippen molar-refractivity contribution < 1.29 is 14.3 Å². The zero-order valence-corrected chi connectivity index (χ0v) is 15.8. The quantitative estimate of drug-likeness (QED) is 0.528. The second-order valence-corrected chi connectivity index (χ2v) is 6.10. The number of rotatable bonds is 9. The van der Waals surface area contributed by atoms with Gasteiger partial charge in [0.25, 0.3) is 5.91 Å². The number of nitrogens with one attached hydrogen (secondary N) is 2. The summed E-state index contributed by atoms with van der Waals surface area (Å²) in [6.45, 7) is 3.16. The number of amides is 2. The zero-order chi connectivity index (χ0) is 19.5. The predicted octanol–water partition coefficient (Wildman–Crippen LogP) is 3.34. The van der Waals surface area contributed by atoms with Gasteiger partial charge in [-0.1, -0.05) is 42.5 Å². The highest BCUT2D eigenvalue weighted by molar-refractivity contribution is 5.94. The van der Waals surface area contributed by atoms with E-state index in [9.17, 15) is 9.59 Å². The highest BCUT2D eigenvalue weighted by Crippen LogP contribution is 2.15. The number of carbonyl (C=O) groups excluding carboxylic acids is 2. The fraction of sp³-hybridized carbons (Fsp3) is 0.273. The molecule has 2 rings (SSSR count). The summed E-state index contributed by atoms with van der Waals surface area (Å²) in [5.41, 5.74) is 2.59. The minimum absolute atomic E-state index is 0.0413. The average molecular weight is 366 g/mol. The molecule has 142 valence electrons. The number of carbonyl (C=O) groups is 2. The van der Waals surface area contributed by atoms with Crippen molar-refractivity contribution in [1.29, 1.82) is 0 Å². The van der Waals surface area contributed by atoms with E-state index in [1.165, 1.54) is 6.08 Å². The van der Waals surface area contributed by atoms with Crippen LogP contribution in [0.1, 0.15) is 40.9 Å². The van der Waals surface area contributed by atoms with E-state index < -0.39 is 0 Å². The van der Waals surface area contributed by atoms with Gasteiger partial charge in [-0.2, -0.15) is 0 Å². The van der Waals surface area contributed by atoms with Crippen LogP contribution in [0, 0.1) is 0 Å². The zero-order valence-electron chi connectivity index (χ0n) is 15.8. The molecule has 2 aromatic rings. The Morgan fingerprint density at radius 2 is 1.78 bits per heavy atom. The van der Waals surface area contributed by atoms with Crippen LogP contribution in [0.3, 0.4) is 0 Å². The van der Waals surface area contributed by atoms with Gasteiger partial charge in [-0.05, 0) is 42.7 Å². The molecular formula is C22H26N2O3. The predicted molar refractivity (Wildman–Crippen MR) is 107 cm³/mol. The van der Waals surface area contributed by atoms with Gasteiger partial charge >= 0.3 is 0 Å². The topological polar surface area (TPSA) is 67.4 Å². The molecular weight excluding hydrogens is 340 g/mol. The summed E-state index contributed by atoms with van der Waals surface area (Å²) >= 11 is 0. The molecule has 1 unspecified atom stereocenters. The highest BCUT2D eigenvalue weighted by atomic mass is 16.5. The van der Waals surface area contributed by atoms with Crippen LogP contribution in [0.4, 0.5) is 0 Å². The van der Waals surface area contributed by atoms with Crippen molar-refractivity contribution in [3.63, 3.8) is 0 Å². The third kappa shape index (κ3) is 7.07. The summed E-state index contributed by atoms with van der Waals surface area (Å²) in [7, 11) is 1.59. The van der Waals surface area contributed by atoms with Crippen LogP contribution in [0.15, 0.2) is 60.7 Å². The molecule has 2 N–H and O–H groups in total. The molecule has 27 heavy (non-hydrogen) atoms. The summed E-state index contributed by atoms with van der Waals surface area (Å²) in [5, 5.41) is 5.40. The van der Waals surface area contributed by atoms with Crippen LogP contribution in [-0.2, 0) is 9.53 Å². The highest BCUT2D eigenvalue weighted by Gasteiger charge is 2.04. The Morgan fingerprint density at radius 1 is 1.07 bits per heavy atom. The lowest BCUT2D eigenvalue weighted by atomic mass is 10.1. The summed E-state index contributed by atoms with van der Waals surface area (Å²) in [6, 6.07) is 17.1. The summed E-state index contributed by atoms with van der Waals surface area (Å²) < 4.78 is 5.78. The van der Waals surface area contributed by atoms with Gasteiger partial charge in [0.2, 0.25) is 5.91 Å². The number of hydrogen-bond donors (Lipinski definition) is 2. The molecule has 0 aliphatic heterocycles. The molecule has 0 spiro atoms. The fourth-order valence-electron chi connectivity index (χ4n) is 2.48. The summed E-state index contributed by atoms with van der Waals surface area (Å²) in [5.74, 6) is -0.284. The van der Waals surface area contributed by atoms with Crippen molar-refractivity contribution in [2.75, 3.05) is 20.2 Å². The Morgan fingerprint density at radius 3 is 2.44 bits per heavy atom. The normalized spacial score (nSPS) is 11.9. The van der Waals surface area contributed by atoms with Crippen molar-refractivity contribution >= 4 is 17.9 Å². The Bertz CT molecular complexity index is 755. The van der Waals surface area contributed by atoms with Crippen LogP contribution >= 0.6 is 0 Å². The van der Waals surface area contributed by atoms with Crippen molar-refractivity contribution in [3.8, 4) is 0 Å². The van der Waals surface area contributed by atoms with Crippen LogP contribution in [0.5, 0.6) is 0 Å². The van der Waals surface area contributed by atoms with Crippen LogP contribution in [-0.4, -0.2) is 32.0 Å². The molecule has 5 heteroatoms. The number of ether oxygens (including phenoxy) is 1. The Labute approximate surface area is 160 Å². The maximum absolute atomic E-state index is 11.9. The maximum atomic E-state index is 11.9. The van der Waals surface area contributed by atoms with Crippen LogP contribution in [0.2, 0.25) is 0 Å². The molecule has 0 radical (unpaired) electrons. The van der Waals surface area contributed by atoms with Gasteiger partial charge in [0.1, 0.15) is 0 Å². The first kappa shape index (κ1) is 20.4. The van der Waals surface area contributed by atoms with Crippen LogP contribution in [0.25, 0.3) is 6.08 Å². The van der Waals surface area contributed by atoms with E-state index >= 15 is 0 Å². The molecule has 2 aromatic carbocycles. The lowest BCUT2D eigenvalue weighted by Crippen LogP contribution is -2.23. The minimum Gasteiger partial charge on any atom is -0.374 e. The number of benzene rings is 2. The first-order chi connectivity index (χ1) is 13.1. The van der Waals surface area contributed by atoms with E-state index in [4.69, 9.17) is 4.74 Å². The molecule has 0 saturated carbocycles. The second-order valence-electron chi connectivity index (χ2n) is 6.10. The Kier molecular flexibility index (Phi) is 8.26. The van der Waals surface area contributed by atoms with Gasteiger partial charge < -0.3 is 15.4 Å². The molecule has 1 atom stereocenters. The fourth-order valence-corrected chi connectivity index (χ4v) is 2.48. The number of hydrogen-bond acceptors (Lipinski definition) is 3. The molecule has 0 aromatic heterocycles. The van der Waals surface area contributed by atoms with E-state index in [2.05, 4.69) is 10.6 Å². The first-order valence-electron chi connectivity index (χ1n) is 9.04. The van der Waals surface area contributed by atoms with Crippen LogP contribution < -0.4 is 10.6 Å². The van der Waals surface area contributed by atoms with Crippen molar-refractivity contribution in [1.82, 2.24) is 10.6 Å². The molecule has 2 amide bonds. The minimum atomic E-state index is -0.151. The monoisotopic (exact) mass is 366 g/mol. The third-order valence-electron chi connectivity index (χ3n) is 4.08. The summed E-state index contributed by atoms with van der Waals surface area (Å²) in [6.07, 6.45) is 4.00. The van der Waals surface area contributed by atoms with E-state index in [-0.39, 0.29) is 17.9 Å². The van der Waals surface area contributed by atoms with E-state index in [1.807, 2.05) is 37.3 Å². The van der Waals surface area contributed by atoms with Gasteiger partial charge in [-0.15, -0.1) is 0 Å². The van der Waals surface area contributed by atoms with E-state index in [0.717, 1.165) is 17.5 Å². The molecule has 5 nitrogen and oxygen atoms in total. The first-order valence-corrected chi connectivity index (χ1v) is 9.04. The average Bonchev–Trinajstić information content (AvgIpc) is 2.72. The third-order valence-corrected chi connectivity index (χ3v) is 4.08. The lowest BCUT2D eigenvalue weighted by molar-refractivity contribution is -0.116. The summed E-state index contributed by atoms with van der Waals surface area (Å²) in [4.78, 5) is 23.3. The van der Waals surface area contributed by atoms with Crippen molar-refractivity contribution in [3.05, 3.63) is 77.4 Å². The SMILES string of the molecule is CNC(=O)c1ccc(/C=C/C(=O)NCCCOC(C)c2ccccc2)cc1. The van der Waals surface area contributed by atoms with Gasteiger partial charge in [0, 0.05) is 31.8 Å². The van der Waals surface area contributed by atoms with Gasteiger partial charge in [-0.3, -0.25) is 9.59 Å². The van der Waals surface area contributed by atoms with Crippen molar-refractivity contribution in [2.24, 2.45) is 0 Å². The largest absolute Gasteiger partial charge is 0.374 e. The standard InChI is InChI=1S/C22H26N2O3/c1-17(19-7-4-3-5-8-19)27-16-6-15-24-21(25)14-11-18-9-12-20(13-10-18)22(26)23-2/h3-5,7-14,17H,6,15-16H2,1-2H3,(H,23,26)(H,24,25)/b14-11+. The van der Waals surface area contributed by atoms with Crippen molar-refractivity contribution in [2.45, 2.75) is 19.4 Å². The lowest BCUT2D eigenvalue weighted by Gasteiger charge is -2.13. The molecule has 0 fully saturated rings.